The third kappa shape index (κ3) is 3.30. The van der Waals surface area contributed by atoms with Crippen LogP contribution in [0.5, 0.6) is 0 Å². The summed E-state index contributed by atoms with van der Waals surface area (Å²) in [5.74, 6) is 1.73. The highest BCUT2D eigenvalue weighted by molar-refractivity contribution is 9.10. The first kappa shape index (κ1) is 19.4. The Kier molecular flexibility index (Phi) is 5.75. The van der Waals surface area contributed by atoms with Crippen molar-refractivity contribution < 1.29 is 0 Å². The van der Waals surface area contributed by atoms with E-state index in [1.54, 1.807) is 0 Å². The molecule has 2 aliphatic heterocycles. The molecular formula is C21H31BrN4. The van der Waals surface area contributed by atoms with Crippen LogP contribution < -0.4 is 5.01 Å². The van der Waals surface area contributed by atoms with Gasteiger partial charge in [0.2, 0.25) is 0 Å². The maximum absolute atomic E-state index is 5.09. The number of fused-ring (bicyclic) bond motifs is 1. The Balaban J connectivity index is 1.95. The lowest BCUT2D eigenvalue weighted by Gasteiger charge is -2.33. The number of rotatable bonds is 6. The molecule has 0 N–H and O–H groups in total. The molecule has 142 valence electrons. The molecule has 1 aromatic rings. The van der Waals surface area contributed by atoms with Crippen LogP contribution in [0.4, 0.5) is 5.69 Å². The van der Waals surface area contributed by atoms with Gasteiger partial charge in [-0.05, 0) is 59.8 Å². The highest BCUT2D eigenvalue weighted by atomic mass is 79.9. The second kappa shape index (κ2) is 7.71. The molecule has 0 radical (unpaired) electrons. The summed E-state index contributed by atoms with van der Waals surface area (Å²) in [4.78, 5) is 7.61. The average molecular weight is 419 g/mol. The van der Waals surface area contributed by atoms with Gasteiger partial charge >= 0.3 is 0 Å². The SMILES string of the molecule is CCCC(C)N1C(CC)=NC2C1C(C)=NN2c1ccc(C(C)C)cc1Br. The van der Waals surface area contributed by atoms with Crippen LogP contribution in [0.25, 0.3) is 0 Å². The van der Waals surface area contributed by atoms with E-state index in [0.29, 0.717) is 12.0 Å². The van der Waals surface area contributed by atoms with Crippen molar-refractivity contribution in [2.24, 2.45) is 10.1 Å². The van der Waals surface area contributed by atoms with Crippen LogP contribution >= 0.6 is 15.9 Å². The van der Waals surface area contributed by atoms with Crippen LogP contribution in [0.3, 0.4) is 0 Å². The minimum absolute atomic E-state index is 0.0467. The average Bonchev–Trinajstić information content (AvgIpc) is 3.12. The summed E-state index contributed by atoms with van der Waals surface area (Å²) in [6.45, 7) is 13.4. The van der Waals surface area contributed by atoms with Gasteiger partial charge in [0.25, 0.3) is 0 Å². The molecule has 0 saturated carbocycles. The summed E-state index contributed by atoms with van der Waals surface area (Å²) in [7, 11) is 0. The molecule has 0 saturated heterocycles. The Morgan fingerprint density at radius 2 is 1.92 bits per heavy atom. The molecule has 3 unspecified atom stereocenters. The van der Waals surface area contributed by atoms with Crippen LogP contribution in [0, 0.1) is 0 Å². The highest BCUT2D eigenvalue weighted by Gasteiger charge is 2.47. The molecule has 0 fully saturated rings. The molecular weight excluding hydrogens is 388 g/mol. The van der Waals surface area contributed by atoms with E-state index in [0.717, 1.165) is 22.3 Å². The highest BCUT2D eigenvalue weighted by Crippen LogP contribution is 2.38. The Labute approximate surface area is 166 Å². The number of aliphatic imine (C=N–C) groups is 1. The van der Waals surface area contributed by atoms with Gasteiger partial charge in [0.05, 0.1) is 11.4 Å². The molecule has 0 aromatic heterocycles. The summed E-state index contributed by atoms with van der Waals surface area (Å²) in [6, 6.07) is 7.35. The second-order valence-corrected chi connectivity index (χ2v) is 8.61. The fourth-order valence-corrected chi connectivity index (χ4v) is 4.69. The molecule has 3 atom stereocenters. The number of nitrogens with zero attached hydrogens (tertiary/aromatic N) is 4. The van der Waals surface area contributed by atoms with Crippen LogP contribution in [0.15, 0.2) is 32.8 Å². The maximum Gasteiger partial charge on any atom is 0.169 e. The van der Waals surface area contributed by atoms with Gasteiger partial charge in [-0.25, -0.2) is 10.0 Å². The molecule has 3 rings (SSSR count). The molecule has 4 nitrogen and oxygen atoms in total. The van der Waals surface area contributed by atoms with Crippen molar-refractivity contribution in [2.75, 3.05) is 5.01 Å². The van der Waals surface area contributed by atoms with Gasteiger partial charge in [-0.3, -0.25) is 0 Å². The molecule has 1 aromatic carbocycles. The quantitative estimate of drug-likeness (QED) is 0.586. The molecule has 0 aliphatic carbocycles. The van der Waals surface area contributed by atoms with Crippen LogP contribution in [-0.2, 0) is 0 Å². The minimum atomic E-state index is 0.0467. The second-order valence-electron chi connectivity index (χ2n) is 7.75. The summed E-state index contributed by atoms with van der Waals surface area (Å²) >= 11 is 3.77. The zero-order valence-electron chi connectivity index (χ0n) is 16.8. The summed E-state index contributed by atoms with van der Waals surface area (Å²) in [6.07, 6.45) is 3.39. The van der Waals surface area contributed by atoms with Gasteiger partial charge < -0.3 is 4.90 Å². The molecule has 26 heavy (non-hydrogen) atoms. The van der Waals surface area contributed by atoms with Crippen molar-refractivity contribution in [1.82, 2.24) is 4.90 Å². The number of benzene rings is 1. The normalized spacial score (nSPS) is 23.4. The first-order chi connectivity index (χ1) is 12.4. The number of amidine groups is 1. The monoisotopic (exact) mass is 418 g/mol. The third-order valence-electron chi connectivity index (χ3n) is 5.49. The fourth-order valence-electron chi connectivity index (χ4n) is 4.11. The van der Waals surface area contributed by atoms with Crippen molar-refractivity contribution >= 4 is 33.2 Å². The van der Waals surface area contributed by atoms with Crippen molar-refractivity contribution in [3.8, 4) is 0 Å². The van der Waals surface area contributed by atoms with Gasteiger partial charge in [0.15, 0.2) is 6.17 Å². The molecule has 2 heterocycles. The molecule has 0 spiro atoms. The van der Waals surface area contributed by atoms with Crippen molar-refractivity contribution in [2.45, 2.75) is 85.0 Å². The zero-order chi connectivity index (χ0) is 19.0. The lowest BCUT2D eigenvalue weighted by molar-refractivity contribution is 0.285. The molecule has 0 bridgehead atoms. The van der Waals surface area contributed by atoms with E-state index in [1.807, 2.05) is 0 Å². The predicted octanol–water partition coefficient (Wildman–Crippen LogP) is 5.78. The lowest BCUT2D eigenvalue weighted by Crippen LogP contribution is -2.48. The number of hydrogen-bond donors (Lipinski definition) is 0. The van der Waals surface area contributed by atoms with Crippen LogP contribution in [-0.4, -0.2) is 34.7 Å². The summed E-state index contributed by atoms with van der Waals surface area (Å²) in [5, 5.41) is 7.02. The van der Waals surface area contributed by atoms with E-state index in [9.17, 15) is 0 Å². The van der Waals surface area contributed by atoms with E-state index >= 15 is 0 Å². The van der Waals surface area contributed by atoms with E-state index in [1.165, 1.54) is 24.2 Å². The van der Waals surface area contributed by atoms with E-state index in [4.69, 9.17) is 10.1 Å². The van der Waals surface area contributed by atoms with Crippen LogP contribution in [0.1, 0.15) is 72.3 Å². The summed E-state index contributed by atoms with van der Waals surface area (Å²) < 4.78 is 1.09. The lowest BCUT2D eigenvalue weighted by atomic mass is 10.0. The fraction of sp³-hybridized carbons (Fsp3) is 0.619. The Hall–Kier alpha value is -1.36. The van der Waals surface area contributed by atoms with E-state index < -0.39 is 0 Å². The zero-order valence-corrected chi connectivity index (χ0v) is 18.4. The van der Waals surface area contributed by atoms with Crippen molar-refractivity contribution in [3.63, 3.8) is 0 Å². The first-order valence-corrected chi connectivity index (χ1v) is 10.7. The number of hydrazone groups is 1. The van der Waals surface area contributed by atoms with Gasteiger partial charge in [-0.2, -0.15) is 5.10 Å². The Morgan fingerprint density at radius 1 is 1.19 bits per heavy atom. The Morgan fingerprint density at radius 3 is 2.50 bits per heavy atom. The van der Waals surface area contributed by atoms with Crippen LogP contribution in [0.2, 0.25) is 0 Å². The standard InChI is InChI=1S/C21H31BrN4/c1-7-9-14(5)25-19(8-2)23-21-20(25)15(6)24-26(21)18-11-10-16(13(3)4)12-17(18)22/h10-14,20-21H,7-9H2,1-6H3. The number of halogens is 1. The van der Waals surface area contributed by atoms with Gasteiger partial charge in [-0.1, -0.05) is 40.2 Å². The third-order valence-corrected chi connectivity index (χ3v) is 6.12. The Bertz CT molecular complexity index is 725. The largest absolute Gasteiger partial charge is 0.345 e. The minimum Gasteiger partial charge on any atom is -0.345 e. The van der Waals surface area contributed by atoms with Gasteiger partial charge in [0.1, 0.15) is 11.9 Å². The first-order valence-electron chi connectivity index (χ1n) is 9.87. The smallest absolute Gasteiger partial charge is 0.169 e. The predicted molar refractivity (Wildman–Crippen MR) is 115 cm³/mol. The molecule has 5 heteroatoms. The van der Waals surface area contributed by atoms with Crippen molar-refractivity contribution in [1.29, 1.82) is 0 Å². The van der Waals surface area contributed by atoms with E-state index in [-0.39, 0.29) is 12.2 Å². The van der Waals surface area contributed by atoms with E-state index in [2.05, 4.69) is 85.6 Å². The number of hydrogen-bond acceptors (Lipinski definition) is 4. The molecule has 2 aliphatic rings. The van der Waals surface area contributed by atoms with Crippen molar-refractivity contribution in [3.05, 3.63) is 28.2 Å². The maximum atomic E-state index is 5.09. The molecule has 0 amide bonds. The summed E-state index contributed by atoms with van der Waals surface area (Å²) in [5.41, 5.74) is 3.59. The van der Waals surface area contributed by atoms with Gasteiger partial charge in [0, 0.05) is 16.9 Å². The topological polar surface area (TPSA) is 31.2 Å². The number of anilines is 1. The van der Waals surface area contributed by atoms with Gasteiger partial charge in [-0.15, -0.1) is 0 Å².